The van der Waals surface area contributed by atoms with Gasteiger partial charge in [-0.1, -0.05) is 37.3 Å². The van der Waals surface area contributed by atoms with Crippen molar-refractivity contribution in [2.24, 2.45) is 0 Å². The van der Waals surface area contributed by atoms with Crippen LogP contribution >= 0.6 is 0 Å². The van der Waals surface area contributed by atoms with Crippen LogP contribution in [0.4, 0.5) is 22.0 Å². The molecule has 1 nitrogen and oxygen atoms in total. The SMILES string of the molecule is CCCCOc1ccc(-c2ccc(C#Cc3ccc4c(F)c(F)c(F)cc4c3)c(F)c2)c(F)c1. The summed E-state index contributed by atoms with van der Waals surface area (Å²) >= 11 is 0. The third-order valence-corrected chi connectivity index (χ3v) is 5.30. The van der Waals surface area contributed by atoms with Crippen molar-refractivity contribution in [3.05, 3.63) is 101 Å². The van der Waals surface area contributed by atoms with Gasteiger partial charge in [-0.3, -0.25) is 0 Å². The lowest BCUT2D eigenvalue weighted by Crippen LogP contribution is -1.97. The van der Waals surface area contributed by atoms with Gasteiger partial charge >= 0.3 is 0 Å². The molecular formula is C28H19F5O. The average Bonchev–Trinajstić information content (AvgIpc) is 2.82. The second-order valence-electron chi connectivity index (χ2n) is 7.71. The number of hydrogen-bond acceptors (Lipinski definition) is 1. The second-order valence-corrected chi connectivity index (χ2v) is 7.71. The van der Waals surface area contributed by atoms with E-state index in [-0.39, 0.29) is 21.9 Å². The molecule has 4 aromatic rings. The van der Waals surface area contributed by atoms with Gasteiger partial charge in [0, 0.05) is 22.6 Å². The van der Waals surface area contributed by atoms with Gasteiger partial charge in [0.25, 0.3) is 0 Å². The Morgan fingerprint density at radius 1 is 0.735 bits per heavy atom. The smallest absolute Gasteiger partial charge is 0.195 e. The molecule has 0 heterocycles. The highest BCUT2D eigenvalue weighted by atomic mass is 19.2. The van der Waals surface area contributed by atoms with Crippen LogP contribution in [0.5, 0.6) is 5.75 Å². The minimum Gasteiger partial charge on any atom is -0.493 e. The summed E-state index contributed by atoms with van der Waals surface area (Å²) in [4.78, 5) is 0. The van der Waals surface area contributed by atoms with Gasteiger partial charge in [0.05, 0.1) is 12.2 Å². The molecular weight excluding hydrogens is 447 g/mol. The van der Waals surface area contributed by atoms with E-state index in [9.17, 15) is 22.0 Å². The van der Waals surface area contributed by atoms with Crippen molar-refractivity contribution in [1.82, 2.24) is 0 Å². The molecule has 0 spiro atoms. The van der Waals surface area contributed by atoms with Crippen LogP contribution in [0.3, 0.4) is 0 Å². The Bertz CT molecular complexity index is 1430. The highest BCUT2D eigenvalue weighted by molar-refractivity contribution is 5.84. The van der Waals surface area contributed by atoms with Gasteiger partial charge < -0.3 is 4.74 Å². The van der Waals surface area contributed by atoms with Gasteiger partial charge in [-0.2, -0.15) is 0 Å². The molecule has 0 saturated heterocycles. The number of rotatable bonds is 5. The minimum atomic E-state index is -1.54. The van der Waals surface area contributed by atoms with Gasteiger partial charge in [-0.25, -0.2) is 22.0 Å². The molecule has 0 bridgehead atoms. The minimum absolute atomic E-state index is 0.0697. The van der Waals surface area contributed by atoms with Crippen LogP contribution in [0.15, 0.2) is 60.7 Å². The molecule has 0 aliphatic heterocycles. The molecule has 0 unspecified atom stereocenters. The van der Waals surface area contributed by atoms with Crippen molar-refractivity contribution in [2.75, 3.05) is 6.61 Å². The quantitative estimate of drug-likeness (QED) is 0.126. The summed E-state index contributed by atoms with van der Waals surface area (Å²) in [6, 6.07) is 13.6. The van der Waals surface area contributed by atoms with Crippen molar-refractivity contribution in [3.8, 4) is 28.7 Å². The van der Waals surface area contributed by atoms with Crippen molar-refractivity contribution in [2.45, 2.75) is 19.8 Å². The standard InChI is InChI=1S/C28H19F5O/c1-2-3-12-34-21-9-11-22(25(30)16-21)19-8-7-18(24(29)14-19)6-4-17-5-10-23-20(13-17)15-26(31)28(33)27(23)32/h5,7-11,13-16H,2-3,12H2,1H3. The summed E-state index contributed by atoms with van der Waals surface area (Å²) in [6.45, 7) is 2.53. The maximum absolute atomic E-state index is 14.7. The monoisotopic (exact) mass is 466 g/mol. The molecule has 0 aliphatic rings. The van der Waals surface area contributed by atoms with E-state index in [1.165, 1.54) is 42.5 Å². The van der Waals surface area contributed by atoms with Crippen LogP contribution in [-0.4, -0.2) is 6.61 Å². The lowest BCUT2D eigenvalue weighted by molar-refractivity contribution is 0.308. The van der Waals surface area contributed by atoms with Crippen molar-refractivity contribution >= 4 is 10.8 Å². The van der Waals surface area contributed by atoms with E-state index >= 15 is 0 Å². The fourth-order valence-corrected chi connectivity index (χ4v) is 3.46. The summed E-state index contributed by atoms with van der Waals surface area (Å²) in [5, 5.41) is 0.0559. The zero-order valence-corrected chi connectivity index (χ0v) is 18.2. The molecule has 34 heavy (non-hydrogen) atoms. The van der Waals surface area contributed by atoms with Crippen LogP contribution in [0.1, 0.15) is 30.9 Å². The molecule has 0 atom stereocenters. The van der Waals surface area contributed by atoms with Crippen molar-refractivity contribution < 1.29 is 26.7 Å². The third kappa shape index (κ3) is 4.89. The molecule has 4 rings (SSSR count). The summed E-state index contributed by atoms with van der Waals surface area (Å²) in [5.74, 6) is 0.520. The second kappa shape index (κ2) is 9.96. The predicted octanol–water partition coefficient (Wildman–Crippen LogP) is 7.78. The molecule has 0 aliphatic carbocycles. The zero-order chi connectivity index (χ0) is 24.2. The van der Waals surface area contributed by atoms with E-state index < -0.39 is 29.1 Å². The summed E-state index contributed by atoms with van der Waals surface area (Å²) in [7, 11) is 0. The Hall–Kier alpha value is -3.85. The average molecular weight is 466 g/mol. The number of hydrogen-bond donors (Lipinski definition) is 0. The molecule has 0 amide bonds. The van der Waals surface area contributed by atoms with Crippen LogP contribution < -0.4 is 4.74 Å². The molecule has 4 aromatic carbocycles. The molecule has 0 radical (unpaired) electrons. The number of halogens is 5. The van der Waals surface area contributed by atoms with E-state index in [1.807, 2.05) is 6.92 Å². The van der Waals surface area contributed by atoms with E-state index in [0.717, 1.165) is 18.9 Å². The molecule has 0 N–H and O–H groups in total. The van der Waals surface area contributed by atoms with E-state index in [4.69, 9.17) is 4.74 Å². The Kier molecular flexibility index (Phi) is 6.83. The summed E-state index contributed by atoms with van der Waals surface area (Å²) in [6.07, 6.45) is 1.83. The summed E-state index contributed by atoms with van der Waals surface area (Å²) in [5.41, 5.74) is 1.01. The van der Waals surface area contributed by atoms with Crippen LogP contribution in [-0.2, 0) is 0 Å². The Balaban J connectivity index is 1.58. The lowest BCUT2D eigenvalue weighted by Gasteiger charge is -2.09. The summed E-state index contributed by atoms with van der Waals surface area (Å²) < 4.78 is 75.5. The predicted molar refractivity (Wildman–Crippen MR) is 122 cm³/mol. The first-order valence-electron chi connectivity index (χ1n) is 10.7. The van der Waals surface area contributed by atoms with Gasteiger partial charge in [-0.15, -0.1) is 0 Å². The lowest BCUT2D eigenvalue weighted by atomic mass is 10.0. The maximum Gasteiger partial charge on any atom is 0.195 e. The fourth-order valence-electron chi connectivity index (χ4n) is 3.46. The largest absolute Gasteiger partial charge is 0.493 e. The highest BCUT2D eigenvalue weighted by Crippen LogP contribution is 2.28. The third-order valence-electron chi connectivity index (χ3n) is 5.30. The molecule has 172 valence electrons. The van der Waals surface area contributed by atoms with Gasteiger partial charge in [0.2, 0.25) is 0 Å². The van der Waals surface area contributed by atoms with E-state index in [1.54, 1.807) is 12.1 Å². The first kappa shape index (κ1) is 23.3. The number of unbranched alkanes of at least 4 members (excludes halogenated alkanes) is 1. The van der Waals surface area contributed by atoms with E-state index in [0.29, 0.717) is 23.5 Å². The van der Waals surface area contributed by atoms with Gasteiger partial charge in [0.15, 0.2) is 17.5 Å². The number of ether oxygens (including phenoxy) is 1. The normalized spacial score (nSPS) is 10.8. The van der Waals surface area contributed by atoms with Crippen LogP contribution in [0.2, 0.25) is 0 Å². The first-order valence-corrected chi connectivity index (χ1v) is 10.7. The Morgan fingerprint density at radius 3 is 2.29 bits per heavy atom. The molecule has 0 saturated carbocycles. The molecule has 0 fully saturated rings. The number of benzene rings is 4. The highest BCUT2D eigenvalue weighted by Gasteiger charge is 2.13. The van der Waals surface area contributed by atoms with Crippen LogP contribution in [0, 0.1) is 40.9 Å². The topological polar surface area (TPSA) is 9.23 Å². The van der Waals surface area contributed by atoms with Crippen LogP contribution in [0.25, 0.3) is 21.9 Å². The van der Waals surface area contributed by atoms with Gasteiger partial charge in [-0.05, 0) is 59.8 Å². The Morgan fingerprint density at radius 2 is 1.56 bits per heavy atom. The van der Waals surface area contributed by atoms with Crippen molar-refractivity contribution in [3.63, 3.8) is 0 Å². The van der Waals surface area contributed by atoms with Crippen molar-refractivity contribution in [1.29, 1.82) is 0 Å². The molecule has 0 aromatic heterocycles. The van der Waals surface area contributed by atoms with E-state index in [2.05, 4.69) is 11.8 Å². The zero-order valence-electron chi connectivity index (χ0n) is 18.2. The number of fused-ring (bicyclic) bond motifs is 1. The maximum atomic E-state index is 14.7. The van der Waals surface area contributed by atoms with Gasteiger partial charge in [0.1, 0.15) is 17.4 Å². The molecule has 6 heteroatoms. The Labute approximate surface area is 193 Å². The first-order chi connectivity index (χ1) is 16.4. The fraction of sp³-hybridized carbons (Fsp3) is 0.143.